The third-order valence-electron chi connectivity index (χ3n) is 2.66. The first-order valence-electron chi connectivity index (χ1n) is 4.96. The molecule has 1 aromatic heterocycles. The first-order chi connectivity index (χ1) is 8.21. The summed E-state index contributed by atoms with van der Waals surface area (Å²) in [5.74, 6) is 0. The molecule has 0 bridgehead atoms. The molecule has 3 nitrogen and oxygen atoms in total. The lowest BCUT2D eigenvalue weighted by atomic mass is 10.1. The number of fused-ring (bicyclic) bond motifs is 1. The van der Waals surface area contributed by atoms with Crippen molar-refractivity contribution in [3.8, 4) is 0 Å². The van der Waals surface area contributed by atoms with Crippen LogP contribution in [0.15, 0.2) is 21.4 Å². The summed E-state index contributed by atoms with van der Waals surface area (Å²) in [5.41, 5.74) is -1.42. The van der Waals surface area contributed by atoms with E-state index in [2.05, 4.69) is 20.9 Å². The summed E-state index contributed by atoms with van der Waals surface area (Å²) in [6.45, 7) is 1.51. The maximum Gasteiger partial charge on any atom is 0.418 e. The number of alkyl halides is 3. The second-order valence-electron chi connectivity index (χ2n) is 3.89. The normalized spacial score (nSPS) is 12.1. The van der Waals surface area contributed by atoms with Gasteiger partial charge in [-0.2, -0.15) is 18.2 Å². The Kier molecular flexibility index (Phi) is 2.96. The topological polar surface area (TPSA) is 34.9 Å². The van der Waals surface area contributed by atoms with E-state index in [1.807, 2.05) is 0 Å². The Hall–Kier alpha value is -1.37. The molecule has 0 aliphatic carbocycles. The van der Waals surface area contributed by atoms with Gasteiger partial charge in [-0.3, -0.25) is 4.57 Å². The van der Waals surface area contributed by atoms with Crippen LogP contribution in [0, 0.1) is 6.92 Å². The van der Waals surface area contributed by atoms with Crippen LogP contribution in [0.25, 0.3) is 10.9 Å². The van der Waals surface area contributed by atoms with E-state index >= 15 is 0 Å². The molecule has 0 fully saturated rings. The van der Waals surface area contributed by atoms with Crippen molar-refractivity contribution < 1.29 is 13.2 Å². The highest BCUT2D eigenvalue weighted by Crippen LogP contribution is 2.36. The molecular formula is C11H8BrF3N2O. The van der Waals surface area contributed by atoms with Gasteiger partial charge in [-0.15, -0.1) is 0 Å². The molecule has 0 spiro atoms. The van der Waals surface area contributed by atoms with Gasteiger partial charge in [0.25, 0.3) is 0 Å². The second kappa shape index (κ2) is 4.08. The lowest BCUT2D eigenvalue weighted by molar-refractivity contribution is -0.136. The number of hydrogen-bond donors (Lipinski definition) is 0. The van der Waals surface area contributed by atoms with Crippen LogP contribution in [0.1, 0.15) is 11.3 Å². The summed E-state index contributed by atoms with van der Waals surface area (Å²) < 4.78 is 40.2. The quantitative estimate of drug-likeness (QED) is 0.748. The third-order valence-corrected chi connectivity index (χ3v) is 3.11. The molecule has 2 rings (SSSR count). The Labute approximate surface area is 108 Å². The van der Waals surface area contributed by atoms with Crippen LogP contribution >= 0.6 is 15.9 Å². The second-order valence-corrected chi connectivity index (χ2v) is 4.80. The smallest absolute Gasteiger partial charge is 0.294 e. The van der Waals surface area contributed by atoms with E-state index in [-0.39, 0.29) is 11.2 Å². The maximum absolute atomic E-state index is 13.0. The van der Waals surface area contributed by atoms with E-state index < -0.39 is 17.4 Å². The fourth-order valence-electron chi connectivity index (χ4n) is 1.83. The van der Waals surface area contributed by atoms with E-state index in [1.165, 1.54) is 20.0 Å². The molecule has 0 aliphatic rings. The van der Waals surface area contributed by atoms with Gasteiger partial charge in [-0.05, 0) is 19.1 Å². The zero-order valence-corrected chi connectivity index (χ0v) is 11.1. The molecule has 0 N–H and O–H groups in total. The molecule has 96 valence electrons. The minimum Gasteiger partial charge on any atom is -0.294 e. The zero-order valence-electron chi connectivity index (χ0n) is 9.47. The predicted octanol–water partition coefficient (Wildman–Crippen LogP) is 3.02. The van der Waals surface area contributed by atoms with Gasteiger partial charge in [0.1, 0.15) is 0 Å². The van der Waals surface area contributed by atoms with Crippen LogP contribution in [-0.4, -0.2) is 9.55 Å². The van der Waals surface area contributed by atoms with Crippen LogP contribution in [0.3, 0.4) is 0 Å². The summed E-state index contributed by atoms with van der Waals surface area (Å²) in [5, 5.41) is 0.304. The molecular weight excluding hydrogens is 313 g/mol. The lowest BCUT2D eigenvalue weighted by Crippen LogP contribution is -2.23. The van der Waals surface area contributed by atoms with Crippen molar-refractivity contribution in [2.24, 2.45) is 7.05 Å². The lowest BCUT2D eigenvalue weighted by Gasteiger charge is -2.14. The Morgan fingerprint density at radius 3 is 2.50 bits per heavy atom. The van der Waals surface area contributed by atoms with E-state index in [9.17, 15) is 18.0 Å². The number of rotatable bonds is 0. The van der Waals surface area contributed by atoms with Crippen LogP contribution in [0.2, 0.25) is 0 Å². The number of hydrogen-bond acceptors (Lipinski definition) is 2. The van der Waals surface area contributed by atoms with Crippen molar-refractivity contribution >= 4 is 26.8 Å². The van der Waals surface area contributed by atoms with Crippen molar-refractivity contribution in [3.63, 3.8) is 0 Å². The Morgan fingerprint density at radius 1 is 1.33 bits per heavy atom. The number of nitrogens with zero attached hydrogens (tertiary/aromatic N) is 2. The molecule has 7 heteroatoms. The van der Waals surface area contributed by atoms with Gasteiger partial charge in [0, 0.05) is 16.9 Å². The van der Waals surface area contributed by atoms with Crippen LogP contribution in [-0.2, 0) is 13.2 Å². The van der Waals surface area contributed by atoms with Crippen molar-refractivity contribution in [2.75, 3.05) is 0 Å². The van der Waals surface area contributed by atoms with E-state index in [0.29, 0.717) is 9.86 Å². The minimum atomic E-state index is -4.53. The molecule has 0 radical (unpaired) electrons. The van der Waals surface area contributed by atoms with Gasteiger partial charge in [0.15, 0.2) is 0 Å². The molecule has 0 saturated carbocycles. The minimum absolute atomic E-state index is 0.150. The SMILES string of the molecule is Cc1nc(=O)n(C)c2c(C(F)(F)F)cc(Br)cc12. The van der Waals surface area contributed by atoms with Crippen LogP contribution < -0.4 is 5.69 Å². The summed E-state index contributed by atoms with van der Waals surface area (Å²) in [4.78, 5) is 15.2. The highest BCUT2D eigenvalue weighted by atomic mass is 79.9. The molecule has 0 atom stereocenters. The Bertz CT molecular complexity index is 691. The summed E-state index contributed by atoms with van der Waals surface area (Å²) in [6.07, 6.45) is -4.53. The molecule has 0 unspecified atom stereocenters. The van der Waals surface area contributed by atoms with Gasteiger partial charge in [0.2, 0.25) is 0 Å². The molecule has 18 heavy (non-hydrogen) atoms. The molecule has 1 aromatic carbocycles. The summed E-state index contributed by atoms with van der Waals surface area (Å²) >= 11 is 3.04. The maximum atomic E-state index is 13.0. The van der Waals surface area contributed by atoms with Crippen molar-refractivity contribution in [1.82, 2.24) is 9.55 Å². The largest absolute Gasteiger partial charge is 0.418 e. The van der Waals surface area contributed by atoms with Crippen LogP contribution in [0.4, 0.5) is 13.2 Å². The Balaban J connectivity index is 3.08. The molecule has 0 saturated heterocycles. The number of aromatic nitrogens is 2. The first kappa shape index (κ1) is 13.1. The predicted molar refractivity (Wildman–Crippen MR) is 64.4 cm³/mol. The first-order valence-corrected chi connectivity index (χ1v) is 5.75. The average Bonchev–Trinajstić information content (AvgIpc) is 2.23. The molecule has 0 aliphatic heterocycles. The monoisotopic (exact) mass is 320 g/mol. The van der Waals surface area contributed by atoms with Gasteiger partial charge in [-0.1, -0.05) is 15.9 Å². The fraction of sp³-hybridized carbons (Fsp3) is 0.273. The van der Waals surface area contributed by atoms with Crippen LogP contribution in [0.5, 0.6) is 0 Å². The average molecular weight is 321 g/mol. The highest BCUT2D eigenvalue weighted by Gasteiger charge is 2.34. The number of halogens is 4. The standard InChI is InChI=1S/C11H8BrF3N2O/c1-5-7-3-6(12)4-8(11(13,14)15)9(7)17(2)10(18)16-5/h3-4H,1-2H3. The van der Waals surface area contributed by atoms with E-state index in [4.69, 9.17) is 0 Å². The van der Waals surface area contributed by atoms with Gasteiger partial charge < -0.3 is 0 Å². The Morgan fingerprint density at radius 2 is 1.94 bits per heavy atom. The summed E-state index contributed by atoms with van der Waals surface area (Å²) in [6, 6.07) is 2.48. The van der Waals surface area contributed by atoms with Gasteiger partial charge >= 0.3 is 11.9 Å². The fourth-order valence-corrected chi connectivity index (χ4v) is 2.28. The molecule has 2 aromatic rings. The van der Waals surface area contributed by atoms with Crippen molar-refractivity contribution in [1.29, 1.82) is 0 Å². The highest BCUT2D eigenvalue weighted by molar-refractivity contribution is 9.10. The van der Waals surface area contributed by atoms with E-state index in [1.54, 1.807) is 0 Å². The number of benzene rings is 1. The van der Waals surface area contributed by atoms with E-state index in [0.717, 1.165) is 10.6 Å². The van der Waals surface area contributed by atoms with Gasteiger partial charge in [0.05, 0.1) is 16.8 Å². The summed E-state index contributed by atoms with van der Waals surface area (Å²) in [7, 11) is 1.28. The third kappa shape index (κ3) is 2.03. The molecule has 0 amide bonds. The zero-order chi connectivity index (χ0) is 13.7. The number of aryl methyl sites for hydroxylation is 2. The van der Waals surface area contributed by atoms with Crippen molar-refractivity contribution in [2.45, 2.75) is 13.1 Å². The van der Waals surface area contributed by atoms with Crippen molar-refractivity contribution in [3.05, 3.63) is 38.3 Å². The van der Waals surface area contributed by atoms with Gasteiger partial charge in [-0.25, -0.2) is 4.79 Å². The molecule has 1 heterocycles.